The number of carbonyl (C=O) groups excluding carboxylic acids is 2. The molecule has 6 heteroatoms. The summed E-state index contributed by atoms with van der Waals surface area (Å²) in [4.78, 5) is 23.1. The van der Waals surface area contributed by atoms with Gasteiger partial charge in [-0.25, -0.2) is 0 Å². The predicted octanol–water partition coefficient (Wildman–Crippen LogP) is 1.55. The van der Waals surface area contributed by atoms with Gasteiger partial charge in [0.25, 0.3) is 0 Å². The zero-order chi connectivity index (χ0) is 15.8. The van der Waals surface area contributed by atoms with Gasteiger partial charge in [-0.2, -0.15) is 5.10 Å². The summed E-state index contributed by atoms with van der Waals surface area (Å²) >= 11 is 0. The summed E-state index contributed by atoms with van der Waals surface area (Å²) in [5.41, 5.74) is 6.29. The lowest BCUT2D eigenvalue weighted by atomic mass is 10.1. The SMILES string of the molecule is CC(C)=C[C@H]1[C@H](C(=O)Nc2ccn(CC(N)=O)n2)C1(C)C. The highest BCUT2D eigenvalue weighted by Gasteiger charge is 2.60. The molecule has 0 aliphatic heterocycles. The maximum absolute atomic E-state index is 12.3. The average molecular weight is 290 g/mol. The van der Waals surface area contributed by atoms with Crippen LogP contribution in [0.4, 0.5) is 5.82 Å². The van der Waals surface area contributed by atoms with E-state index in [0.717, 1.165) is 0 Å². The normalized spacial score (nSPS) is 22.5. The number of nitrogens with zero attached hydrogens (tertiary/aromatic N) is 2. The molecule has 1 saturated carbocycles. The molecule has 21 heavy (non-hydrogen) atoms. The zero-order valence-corrected chi connectivity index (χ0v) is 12.9. The van der Waals surface area contributed by atoms with Gasteiger partial charge in [-0.15, -0.1) is 0 Å². The molecule has 3 N–H and O–H groups in total. The van der Waals surface area contributed by atoms with Gasteiger partial charge in [-0.05, 0) is 25.2 Å². The quantitative estimate of drug-likeness (QED) is 0.806. The van der Waals surface area contributed by atoms with E-state index < -0.39 is 5.91 Å². The Hall–Kier alpha value is -2.11. The highest BCUT2D eigenvalue weighted by Crippen LogP contribution is 2.59. The van der Waals surface area contributed by atoms with Crippen LogP contribution in [-0.2, 0) is 16.1 Å². The monoisotopic (exact) mass is 290 g/mol. The number of amides is 2. The lowest BCUT2D eigenvalue weighted by molar-refractivity contribution is -0.119. The molecule has 0 unspecified atom stereocenters. The van der Waals surface area contributed by atoms with E-state index in [1.807, 2.05) is 13.8 Å². The molecule has 1 fully saturated rings. The van der Waals surface area contributed by atoms with Gasteiger partial charge in [-0.1, -0.05) is 25.5 Å². The van der Waals surface area contributed by atoms with Crippen molar-refractivity contribution in [1.29, 1.82) is 0 Å². The number of anilines is 1. The highest BCUT2D eigenvalue weighted by molar-refractivity contribution is 5.95. The van der Waals surface area contributed by atoms with Gasteiger partial charge in [0.2, 0.25) is 11.8 Å². The van der Waals surface area contributed by atoms with E-state index in [9.17, 15) is 9.59 Å². The molecule has 0 radical (unpaired) electrons. The number of allylic oxidation sites excluding steroid dienone is 2. The van der Waals surface area contributed by atoms with Crippen molar-refractivity contribution in [3.8, 4) is 0 Å². The Bertz CT molecular complexity index is 597. The van der Waals surface area contributed by atoms with Crippen molar-refractivity contribution < 1.29 is 9.59 Å². The van der Waals surface area contributed by atoms with E-state index in [0.29, 0.717) is 5.82 Å². The van der Waals surface area contributed by atoms with E-state index in [1.54, 1.807) is 12.3 Å². The minimum absolute atomic E-state index is 0.00514. The Labute approximate surface area is 124 Å². The van der Waals surface area contributed by atoms with Crippen LogP contribution < -0.4 is 11.1 Å². The van der Waals surface area contributed by atoms with E-state index in [1.165, 1.54) is 10.3 Å². The molecule has 114 valence electrons. The Balaban J connectivity index is 2.01. The molecule has 1 aliphatic carbocycles. The molecule has 0 bridgehead atoms. The maximum Gasteiger partial charge on any atom is 0.239 e. The van der Waals surface area contributed by atoms with Crippen LogP contribution in [0.5, 0.6) is 0 Å². The second-order valence-electron chi connectivity index (χ2n) is 6.42. The molecule has 2 rings (SSSR count). The van der Waals surface area contributed by atoms with E-state index in [4.69, 9.17) is 5.73 Å². The van der Waals surface area contributed by atoms with E-state index in [-0.39, 0.29) is 29.7 Å². The number of rotatable bonds is 5. The van der Waals surface area contributed by atoms with Crippen LogP contribution in [0.1, 0.15) is 27.7 Å². The van der Waals surface area contributed by atoms with Crippen molar-refractivity contribution in [1.82, 2.24) is 9.78 Å². The summed E-state index contributed by atoms with van der Waals surface area (Å²) in [6.07, 6.45) is 3.77. The molecule has 0 aromatic carbocycles. The Morgan fingerprint density at radius 1 is 1.48 bits per heavy atom. The molecule has 0 saturated heterocycles. The lowest BCUT2D eigenvalue weighted by Gasteiger charge is -2.03. The third kappa shape index (κ3) is 3.32. The number of hydrogen-bond donors (Lipinski definition) is 2. The Morgan fingerprint density at radius 2 is 2.14 bits per heavy atom. The highest BCUT2D eigenvalue weighted by atomic mass is 16.2. The molecule has 1 aliphatic rings. The Morgan fingerprint density at radius 3 is 2.71 bits per heavy atom. The minimum atomic E-state index is -0.470. The molecule has 1 aromatic rings. The van der Waals surface area contributed by atoms with Gasteiger partial charge >= 0.3 is 0 Å². The van der Waals surface area contributed by atoms with Crippen LogP contribution in [0.2, 0.25) is 0 Å². The standard InChI is InChI=1S/C15H22N4O2/c1-9(2)7-10-13(15(10,3)4)14(21)17-12-5-6-19(18-12)8-11(16)20/h5-7,10,13H,8H2,1-4H3,(H2,16,20)(H,17,18,21)/t10-,13+/m0/s1. The topological polar surface area (TPSA) is 90.0 Å². The first-order valence-corrected chi connectivity index (χ1v) is 6.99. The fraction of sp³-hybridized carbons (Fsp3) is 0.533. The summed E-state index contributed by atoms with van der Waals surface area (Å²) in [5.74, 6) is 0.151. The smallest absolute Gasteiger partial charge is 0.239 e. The average Bonchev–Trinajstić information content (AvgIpc) is 2.67. The van der Waals surface area contributed by atoms with E-state index in [2.05, 4.69) is 30.3 Å². The number of carbonyl (C=O) groups is 2. The van der Waals surface area contributed by atoms with Crippen molar-refractivity contribution in [2.45, 2.75) is 34.2 Å². The third-order valence-electron chi connectivity index (χ3n) is 3.92. The van der Waals surface area contributed by atoms with Gasteiger partial charge < -0.3 is 11.1 Å². The second kappa shape index (κ2) is 5.35. The molecule has 1 aromatic heterocycles. The first-order valence-electron chi connectivity index (χ1n) is 6.99. The molecular formula is C15H22N4O2. The Kier molecular flexibility index (Phi) is 3.89. The molecule has 6 nitrogen and oxygen atoms in total. The first-order chi connectivity index (χ1) is 9.71. The maximum atomic E-state index is 12.3. The van der Waals surface area contributed by atoms with Gasteiger partial charge in [0.1, 0.15) is 6.54 Å². The van der Waals surface area contributed by atoms with E-state index >= 15 is 0 Å². The van der Waals surface area contributed by atoms with Crippen LogP contribution >= 0.6 is 0 Å². The number of hydrogen-bond acceptors (Lipinski definition) is 3. The number of nitrogens with one attached hydrogen (secondary N) is 1. The van der Waals surface area contributed by atoms with Crippen molar-refractivity contribution in [3.63, 3.8) is 0 Å². The van der Waals surface area contributed by atoms with Crippen molar-refractivity contribution in [3.05, 3.63) is 23.9 Å². The van der Waals surface area contributed by atoms with Crippen LogP contribution in [0, 0.1) is 17.3 Å². The van der Waals surface area contributed by atoms with Crippen LogP contribution in [-0.4, -0.2) is 21.6 Å². The molecular weight excluding hydrogens is 268 g/mol. The summed E-state index contributed by atoms with van der Waals surface area (Å²) in [6.45, 7) is 8.26. The van der Waals surface area contributed by atoms with Gasteiger partial charge in [0, 0.05) is 12.3 Å². The van der Waals surface area contributed by atoms with Gasteiger partial charge in [0.15, 0.2) is 5.82 Å². The number of primary amides is 1. The third-order valence-corrected chi connectivity index (χ3v) is 3.92. The first kappa shape index (κ1) is 15.3. The van der Waals surface area contributed by atoms with Gasteiger partial charge in [0.05, 0.1) is 5.92 Å². The van der Waals surface area contributed by atoms with Crippen molar-refractivity contribution in [2.75, 3.05) is 5.32 Å². The molecule has 0 spiro atoms. The number of nitrogens with two attached hydrogens (primary N) is 1. The van der Waals surface area contributed by atoms with Crippen LogP contribution in [0.3, 0.4) is 0 Å². The predicted molar refractivity (Wildman–Crippen MR) is 80.2 cm³/mol. The van der Waals surface area contributed by atoms with Crippen LogP contribution in [0.25, 0.3) is 0 Å². The zero-order valence-electron chi connectivity index (χ0n) is 12.9. The largest absolute Gasteiger partial charge is 0.368 e. The fourth-order valence-electron chi connectivity index (χ4n) is 2.73. The summed E-state index contributed by atoms with van der Waals surface area (Å²) in [5, 5.41) is 6.91. The number of aromatic nitrogens is 2. The molecule has 1 heterocycles. The molecule has 2 atom stereocenters. The van der Waals surface area contributed by atoms with Crippen molar-refractivity contribution in [2.24, 2.45) is 23.0 Å². The lowest BCUT2D eigenvalue weighted by Crippen LogP contribution is -2.20. The summed E-state index contributed by atoms with van der Waals surface area (Å²) < 4.78 is 1.41. The van der Waals surface area contributed by atoms with Crippen molar-refractivity contribution >= 4 is 17.6 Å². The summed E-state index contributed by atoms with van der Waals surface area (Å²) in [6, 6.07) is 1.66. The summed E-state index contributed by atoms with van der Waals surface area (Å²) in [7, 11) is 0. The minimum Gasteiger partial charge on any atom is -0.368 e. The fourth-order valence-corrected chi connectivity index (χ4v) is 2.73. The molecule has 2 amide bonds. The van der Waals surface area contributed by atoms with Gasteiger partial charge in [-0.3, -0.25) is 14.3 Å². The van der Waals surface area contributed by atoms with Crippen LogP contribution in [0.15, 0.2) is 23.9 Å². The second-order valence-corrected chi connectivity index (χ2v) is 6.42.